The van der Waals surface area contributed by atoms with Crippen LogP contribution in [0.2, 0.25) is 0 Å². The maximum atomic E-state index is 12.3. The van der Waals surface area contributed by atoms with Crippen molar-refractivity contribution in [3.8, 4) is 5.75 Å². The number of fused-ring (bicyclic) bond motifs is 1. The monoisotopic (exact) mass is 272 g/mol. The number of ether oxygens (including phenoxy) is 1. The molecule has 0 unspecified atom stereocenters. The lowest BCUT2D eigenvalue weighted by Gasteiger charge is -2.03. The van der Waals surface area contributed by atoms with Crippen LogP contribution in [-0.4, -0.2) is 29.5 Å². The van der Waals surface area contributed by atoms with Crippen molar-refractivity contribution in [2.75, 3.05) is 7.11 Å². The molecule has 5 nitrogen and oxygen atoms in total. The Morgan fingerprint density at radius 1 is 1.35 bits per heavy atom. The van der Waals surface area contributed by atoms with Gasteiger partial charge >= 0.3 is 0 Å². The number of hydrogen-bond acceptors (Lipinski definition) is 3. The summed E-state index contributed by atoms with van der Waals surface area (Å²) < 4.78 is 6.69. The van der Waals surface area contributed by atoms with Gasteiger partial charge in [-0.1, -0.05) is 0 Å². The molecule has 0 atom stereocenters. The molecule has 5 heteroatoms. The molecule has 1 saturated carbocycles. The molecule has 1 aromatic heterocycles. The quantitative estimate of drug-likeness (QED) is 0.931. The fourth-order valence-corrected chi connectivity index (χ4v) is 2.27. The van der Waals surface area contributed by atoms with Crippen LogP contribution in [0.15, 0.2) is 24.4 Å². The molecule has 0 saturated heterocycles. The summed E-state index contributed by atoms with van der Waals surface area (Å²) in [4.78, 5) is 24.0. The zero-order valence-corrected chi connectivity index (χ0v) is 11.5. The normalized spacial score (nSPS) is 14.3. The van der Waals surface area contributed by atoms with E-state index in [1.54, 1.807) is 31.5 Å². The zero-order valence-electron chi connectivity index (χ0n) is 11.5. The number of carbonyl (C=O) groups excluding carboxylic acids is 2. The van der Waals surface area contributed by atoms with Gasteiger partial charge in [0.2, 0.25) is 5.91 Å². The number of hydrogen-bond donors (Lipinski definition) is 1. The average molecular weight is 272 g/mol. The highest BCUT2D eigenvalue weighted by Crippen LogP contribution is 2.27. The molecule has 1 aliphatic rings. The van der Waals surface area contributed by atoms with Crippen LogP contribution in [0.1, 0.15) is 34.9 Å². The number of nitrogens with zero attached hydrogens (tertiary/aromatic N) is 1. The SMILES string of the molecule is COc1ccc2c(c1)c(C(=O)NC1CC1)cn2C(C)=O. The highest BCUT2D eigenvalue weighted by Gasteiger charge is 2.26. The van der Waals surface area contributed by atoms with E-state index in [4.69, 9.17) is 4.74 Å². The maximum Gasteiger partial charge on any atom is 0.253 e. The highest BCUT2D eigenvalue weighted by molar-refractivity contribution is 6.09. The number of carbonyl (C=O) groups is 2. The number of methoxy groups -OCH3 is 1. The van der Waals surface area contributed by atoms with Gasteiger partial charge in [0, 0.05) is 24.5 Å². The maximum absolute atomic E-state index is 12.3. The summed E-state index contributed by atoms with van der Waals surface area (Å²) in [6, 6.07) is 5.65. The first-order chi connectivity index (χ1) is 9.60. The standard InChI is InChI=1S/C15H16N2O3/c1-9(18)17-8-13(15(19)16-10-3-4-10)12-7-11(20-2)5-6-14(12)17/h5-8,10H,3-4H2,1-2H3,(H,16,19). The van der Waals surface area contributed by atoms with E-state index in [1.165, 1.54) is 11.5 Å². The Kier molecular flexibility index (Phi) is 2.97. The fraction of sp³-hybridized carbons (Fsp3) is 0.333. The molecule has 0 radical (unpaired) electrons. The molecule has 0 bridgehead atoms. The predicted molar refractivity (Wildman–Crippen MR) is 75.3 cm³/mol. The van der Waals surface area contributed by atoms with E-state index in [0.29, 0.717) is 11.3 Å². The van der Waals surface area contributed by atoms with Crippen LogP contribution in [0.25, 0.3) is 10.9 Å². The van der Waals surface area contributed by atoms with Crippen LogP contribution in [0.5, 0.6) is 5.75 Å². The van der Waals surface area contributed by atoms with Crippen LogP contribution in [0.3, 0.4) is 0 Å². The summed E-state index contributed by atoms with van der Waals surface area (Å²) in [6.07, 6.45) is 3.66. The molecule has 2 aromatic rings. The van der Waals surface area contributed by atoms with Crippen LogP contribution in [0, 0.1) is 0 Å². The number of amides is 1. The molecular formula is C15H16N2O3. The lowest BCUT2D eigenvalue weighted by Crippen LogP contribution is -2.25. The van der Waals surface area contributed by atoms with E-state index in [0.717, 1.165) is 23.7 Å². The van der Waals surface area contributed by atoms with Crippen molar-refractivity contribution < 1.29 is 14.3 Å². The molecule has 1 aromatic carbocycles. The van der Waals surface area contributed by atoms with Gasteiger partial charge in [0.15, 0.2) is 0 Å². The third-order valence-electron chi connectivity index (χ3n) is 3.51. The van der Waals surface area contributed by atoms with E-state index in [1.807, 2.05) is 0 Å². The molecule has 104 valence electrons. The largest absolute Gasteiger partial charge is 0.497 e. The summed E-state index contributed by atoms with van der Waals surface area (Å²) >= 11 is 0. The number of rotatable bonds is 3. The van der Waals surface area contributed by atoms with Crippen molar-refractivity contribution in [3.63, 3.8) is 0 Å². The molecular weight excluding hydrogens is 256 g/mol. The Morgan fingerprint density at radius 2 is 2.10 bits per heavy atom. The molecule has 0 aliphatic heterocycles. The average Bonchev–Trinajstić information content (AvgIpc) is 3.15. The van der Waals surface area contributed by atoms with Crippen molar-refractivity contribution >= 4 is 22.7 Å². The summed E-state index contributed by atoms with van der Waals surface area (Å²) in [5.74, 6) is 0.413. The van der Waals surface area contributed by atoms with E-state index in [2.05, 4.69) is 5.32 Å². The molecule has 3 rings (SSSR count). The second-order valence-corrected chi connectivity index (χ2v) is 5.06. The van der Waals surface area contributed by atoms with Gasteiger partial charge in [-0.3, -0.25) is 14.2 Å². The summed E-state index contributed by atoms with van der Waals surface area (Å²) in [7, 11) is 1.58. The number of benzene rings is 1. The molecule has 1 N–H and O–H groups in total. The molecule has 0 spiro atoms. The van der Waals surface area contributed by atoms with Crippen LogP contribution < -0.4 is 10.1 Å². The van der Waals surface area contributed by atoms with Crippen molar-refractivity contribution in [3.05, 3.63) is 30.0 Å². The van der Waals surface area contributed by atoms with Crippen LogP contribution in [0.4, 0.5) is 0 Å². The van der Waals surface area contributed by atoms with Gasteiger partial charge < -0.3 is 10.1 Å². The van der Waals surface area contributed by atoms with Crippen molar-refractivity contribution in [1.82, 2.24) is 9.88 Å². The molecule has 1 heterocycles. The van der Waals surface area contributed by atoms with Gasteiger partial charge in [0.25, 0.3) is 5.91 Å². The fourth-order valence-electron chi connectivity index (χ4n) is 2.27. The Hall–Kier alpha value is -2.30. The third-order valence-corrected chi connectivity index (χ3v) is 3.51. The van der Waals surface area contributed by atoms with Gasteiger partial charge in [-0.15, -0.1) is 0 Å². The minimum atomic E-state index is -0.134. The first kappa shape index (κ1) is 12.7. The Labute approximate surface area is 116 Å². The van der Waals surface area contributed by atoms with Gasteiger partial charge in [-0.25, -0.2) is 0 Å². The van der Waals surface area contributed by atoms with E-state index >= 15 is 0 Å². The number of nitrogens with one attached hydrogen (secondary N) is 1. The van der Waals surface area contributed by atoms with E-state index < -0.39 is 0 Å². The van der Waals surface area contributed by atoms with Crippen molar-refractivity contribution in [2.24, 2.45) is 0 Å². The first-order valence-electron chi connectivity index (χ1n) is 6.61. The van der Waals surface area contributed by atoms with Gasteiger partial charge in [-0.2, -0.15) is 0 Å². The van der Waals surface area contributed by atoms with E-state index in [-0.39, 0.29) is 17.9 Å². The van der Waals surface area contributed by atoms with Gasteiger partial charge in [0.1, 0.15) is 5.75 Å². The second-order valence-electron chi connectivity index (χ2n) is 5.06. The third kappa shape index (κ3) is 2.15. The van der Waals surface area contributed by atoms with Gasteiger partial charge in [-0.05, 0) is 31.0 Å². The lowest BCUT2D eigenvalue weighted by molar-refractivity contribution is 0.0941. The highest BCUT2D eigenvalue weighted by atomic mass is 16.5. The van der Waals surface area contributed by atoms with Crippen molar-refractivity contribution in [2.45, 2.75) is 25.8 Å². The topological polar surface area (TPSA) is 60.3 Å². The predicted octanol–water partition coefficient (Wildman–Crippen LogP) is 2.20. The molecule has 20 heavy (non-hydrogen) atoms. The molecule has 1 aliphatic carbocycles. The Morgan fingerprint density at radius 3 is 2.70 bits per heavy atom. The number of aromatic nitrogens is 1. The Bertz CT molecular complexity index is 698. The van der Waals surface area contributed by atoms with Gasteiger partial charge in [0.05, 0.1) is 18.2 Å². The minimum Gasteiger partial charge on any atom is -0.497 e. The smallest absolute Gasteiger partial charge is 0.253 e. The van der Waals surface area contributed by atoms with E-state index in [9.17, 15) is 9.59 Å². The first-order valence-corrected chi connectivity index (χ1v) is 6.61. The molecule has 1 amide bonds. The summed E-state index contributed by atoms with van der Waals surface area (Å²) in [5.41, 5.74) is 1.24. The minimum absolute atomic E-state index is 0.120. The summed E-state index contributed by atoms with van der Waals surface area (Å²) in [5, 5.41) is 3.68. The molecule has 1 fully saturated rings. The van der Waals surface area contributed by atoms with Crippen LogP contribution in [-0.2, 0) is 0 Å². The zero-order chi connectivity index (χ0) is 14.3. The Balaban J connectivity index is 2.13. The lowest BCUT2D eigenvalue weighted by atomic mass is 10.1. The second kappa shape index (κ2) is 4.67. The summed E-state index contributed by atoms with van der Waals surface area (Å²) in [6.45, 7) is 1.48. The van der Waals surface area contributed by atoms with Crippen LogP contribution >= 0.6 is 0 Å². The van der Waals surface area contributed by atoms with Crippen molar-refractivity contribution in [1.29, 1.82) is 0 Å².